The minimum Gasteiger partial charge on any atom is -0.439 e. The van der Waals surface area contributed by atoms with Gasteiger partial charge in [-0.05, 0) is 45.0 Å². The average molecular weight is 422 g/mol. The lowest BCUT2D eigenvalue weighted by molar-refractivity contribution is -0.137. The minimum atomic E-state index is -4.43. The number of likely N-dealkylation sites (N-methyl/N-ethyl adjacent to an activating group) is 1. The van der Waals surface area contributed by atoms with E-state index in [9.17, 15) is 13.2 Å². The first-order valence-electron chi connectivity index (χ1n) is 10.0. The molecule has 4 rings (SSSR count). The molecule has 0 aliphatic carbocycles. The Morgan fingerprint density at radius 3 is 2.57 bits per heavy atom. The van der Waals surface area contributed by atoms with Crippen LogP contribution in [0.25, 0.3) is 0 Å². The van der Waals surface area contributed by atoms with Gasteiger partial charge in [-0.1, -0.05) is 6.07 Å². The Kier molecular flexibility index (Phi) is 5.59. The maximum Gasteiger partial charge on any atom is 0.416 e. The van der Waals surface area contributed by atoms with Gasteiger partial charge in [0.05, 0.1) is 17.8 Å². The molecule has 2 aliphatic heterocycles. The van der Waals surface area contributed by atoms with Crippen LogP contribution < -0.4 is 9.64 Å². The Balaban J connectivity index is 1.48. The summed E-state index contributed by atoms with van der Waals surface area (Å²) in [6.45, 7) is 5.92. The van der Waals surface area contributed by atoms with Crippen LogP contribution in [0.1, 0.15) is 24.1 Å². The van der Waals surface area contributed by atoms with E-state index in [4.69, 9.17) is 9.47 Å². The first-order chi connectivity index (χ1) is 14.2. The van der Waals surface area contributed by atoms with Crippen molar-refractivity contribution in [1.82, 2.24) is 14.9 Å². The highest BCUT2D eigenvalue weighted by molar-refractivity contribution is 5.38. The molecule has 1 spiro atoms. The molecule has 9 heteroatoms. The maximum atomic E-state index is 13.0. The molecule has 0 atom stereocenters. The highest BCUT2D eigenvalue weighted by atomic mass is 19.4. The van der Waals surface area contributed by atoms with Crippen LogP contribution in [0.15, 0.2) is 30.3 Å². The molecule has 162 valence electrons. The van der Waals surface area contributed by atoms with E-state index in [1.807, 2.05) is 6.92 Å². The Morgan fingerprint density at radius 1 is 1.10 bits per heavy atom. The number of aryl methyl sites for hydroxylation is 1. The molecule has 2 fully saturated rings. The molecular weight excluding hydrogens is 397 g/mol. The number of hydrogen-bond donors (Lipinski definition) is 0. The molecule has 0 N–H and O–H groups in total. The van der Waals surface area contributed by atoms with E-state index < -0.39 is 11.7 Å². The molecule has 0 amide bonds. The van der Waals surface area contributed by atoms with Gasteiger partial charge in [-0.25, -0.2) is 4.98 Å². The fourth-order valence-electron chi connectivity index (χ4n) is 4.03. The molecule has 1 aromatic heterocycles. The maximum absolute atomic E-state index is 13.0. The summed E-state index contributed by atoms with van der Waals surface area (Å²) >= 11 is 0. The first-order valence-corrected chi connectivity index (χ1v) is 10.0. The van der Waals surface area contributed by atoms with Crippen molar-refractivity contribution in [3.63, 3.8) is 0 Å². The van der Waals surface area contributed by atoms with Crippen LogP contribution in [-0.2, 0) is 10.9 Å². The van der Waals surface area contributed by atoms with Crippen molar-refractivity contribution in [2.45, 2.75) is 31.5 Å². The molecule has 0 bridgehead atoms. The van der Waals surface area contributed by atoms with E-state index in [0.29, 0.717) is 11.6 Å². The Hall–Kier alpha value is -2.39. The molecule has 0 saturated carbocycles. The van der Waals surface area contributed by atoms with Gasteiger partial charge >= 0.3 is 6.18 Å². The number of alkyl halides is 3. The predicted molar refractivity (Wildman–Crippen MR) is 106 cm³/mol. The second-order valence-corrected chi connectivity index (χ2v) is 8.03. The average Bonchev–Trinajstić information content (AvgIpc) is 2.67. The number of rotatable bonds is 3. The fraction of sp³-hybridized carbons (Fsp3) is 0.524. The third kappa shape index (κ3) is 4.67. The summed E-state index contributed by atoms with van der Waals surface area (Å²) in [6, 6.07) is 6.40. The van der Waals surface area contributed by atoms with Crippen molar-refractivity contribution >= 4 is 5.95 Å². The van der Waals surface area contributed by atoms with Crippen molar-refractivity contribution in [2.24, 2.45) is 0 Å². The standard InChI is InChI=1S/C21H25F3N4O2/c1-15-12-18(30-17-5-3-4-16(13-17)21(22,23)24)26-19(25-15)28-8-6-20(7-9-28)14-27(2)10-11-29-20/h3-5,12-13H,6-11,14H2,1-2H3. The van der Waals surface area contributed by atoms with Crippen molar-refractivity contribution in [3.8, 4) is 11.6 Å². The smallest absolute Gasteiger partial charge is 0.416 e. The van der Waals surface area contributed by atoms with Gasteiger partial charge in [0.1, 0.15) is 5.75 Å². The number of ether oxygens (including phenoxy) is 2. The summed E-state index contributed by atoms with van der Waals surface area (Å²) in [5.41, 5.74) is -0.189. The van der Waals surface area contributed by atoms with Crippen LogP contribution in [0.3, 0.4) is 0 Å². The van der Waals surface area contributed by atoms with Gasteiger partial charge < -0.3 is 19.3 Å². The summed E-state index contributed by atoms with van der Waals surface area (Å²) < 4.78 is 50.6. The number of anilines is 1. The third-order valence-electron chi connectivity index (χ3n) is 5.60. The van der Waals surface area contributed by atoms with Crippen molar-refractivity contribution in [2.75, 3.05) is 44.7 Å². The van der Waals surface area contributed by atoms with Crippen LogP contribution in [0.5, 0.6) is 11.6 Å². The van der Waals surface area contributed by atoms with Crippen molar-refractivity contribution in [1.29, 1.82) is 0 Å². The Morgan fingerprint density at radius 2 is 1.87 bits per heavy atom. The van der Waals surface area contributed by atoms with Crippen LogP contribution in [0.4, 0.5) is 19.1 Å². The number of nitrogens with zero attached hydrogens (tertiary/aromatic N) is 4. The van der Waals surface area contributed by atoms with Gasteiger partial charge in [0.15, 0.2) is 0 Å². The monoisotopic (exact) mass is 422 g/mol. The van der Waals surface area contributed by atoms with Crippen LogP contribution in [0.2, 0.25) is 0 Å². The number of piperidine rings is 1. The topological polar surface area (TPSA) is 50.7 Å². The molecule has 30 heavy (non-hydrogen) atoms. The number of aromatic nitrogens is 2. The summed E-state index contributed by atoms with van der Waals surface area (Å²) in [7, 11) is 2.11. The lowest BCUT2D eigenvalue weighted by Gasteiger charge is -2.46. The lowest BCUT2D eigenvalue weighted by atomic mass is 9.89. The second kappa shape index (κ2) is 8.03. The van der Waals surface area contributed by atoms with Gasteiger partial charge in [-0.15, -0.1) is 0 Å². The number of benzene rings is 1. The lowest BCUT2D eigenvalue weighted by Crippen LogP contribution is -2.56. The minimum absolute atomic E-state index is 0.0881. The zero-order valence-corrected chi connectivity index (χ0v) is 17.1. The SMILES string of the molecule is Cc1cc(Oc2cccc(C(F)(F)F)c2)nc(N2CCC3(CC2)CN(C)CCO3)n1. The van der Waals surface area contributed by atoms with E-state index in [1.165, 1.54) is 12.1 Å². The third-order valence-corrected chi connectivity index (χ3v) is 5.60. The summed E-state index contributed by atoms with van der Waals surface area (Å²) in [6.07, 6.45) is -2.68. The quantitative estimate of drug-likeness (QED) is 0.748. The van der Waals surface area contributed by atoms with Gasteiger partial charge in [-0.3, -0.25) is 0 Å². The Labute approximate surface area is 173 Å². The molecular formula is C21H25F3N4O2. The van der Waals surface area contributed by atoms with Gasteiger partial charge in [0.2, 0.25) is 11.8 Å². The summed E-state index contributed by atoms with van der Waals surface area (Å²) in [4.78, 5) is 13.3. The molecule has 6 nitrogen and oxygen atoms in total. The molecule has 2 saturated heterocycles. The van der Waals surface area contributed by atoms with Gasteiger partial charge in [0, 0.05) is 37.9 Å². The van der Waals surface area contributed by atoms with E-state index in [0.717, 1.165) is 57.8 Å². The molecule has 2 aromatic rings. The molecule has 3 heterocycles. The zero-order chi connectivity index (χ0) is 21.4. The summed E-state index contributed by atoms with van der Waals surface area (Å²) in [5, 5.41) is 0. The normalized spacial score (nSPS) is 19.8. The molecule has 1 aromatic carbocycles. The number of halogens is 3. The second-order valence-electron chi connectivity index (χ2n) is 8.03. The molecule has 0 unspecified atom stereocenters. The first kappa shape index (κ1) is 20.9. The van der Waals surface area contributed by atoms with Gasteiger partial charge in [-0.2, -0.15) is 18.2 Å². The summed E-state index contributed by atoms with van der Waals surface area (Å²) in [5.74, 6) is 0.840. The van der Waals surface area contributed by atoms with Gasteiger partial charge in [0.25, 0.3) is 0 Å². The van der Waals surface area contributed by atoms with E-state index in [2.05, 4.69) is 26.8 Å². The van der Waals surface area contributed by atoms with Crippen molar-refractivity contribution < 1.29 is 22.6 Å². The van der Waals surface area contributed by atoms with Crippen molar-refractivity contribution in [3.05, 3.63) is 41.6 Å². The predicted octanol–water partition coefficient (Wildman–Crippen LogP) is 3.90. The fourth-order valence-corrected chi connectivity index (χ4v) is 4.03. The largest absolute Gasteiger partial charge is 0.439 e. The zero-order valence-electron chi connectivity index (χ0n) is 17.1. The van der Waals surface area contributed by atoms with E-state index in [-0.39, 0.29) is 17.2 Å². The highest BCUT2D eigenvalue weighted by Crippen LogP contribution is 2.34. The number of morpholine rings is 1. The van der Waals surface area contributed by atoms with Crippen LogP contribution >= 0.6 is 0 Å². The number of hydrogen-bond acceptors (Lipinski definition) is 6. The Bertz CT molecular complexity index is 898. The molecule has 0 radical (unpaired) electrons. The van der Waals surface area contributed by atoms with E-state index in [1.54, 1.807) is 6.07 Å². The highest BCUT2D eigenvalue weighted by Gasteiger charge is 2.39. The van der Waals surface area contributed by atoms with Crippen LogP contribution in [0, 0.1) is 6.92 Å². The van der Waals surface area contributed by atoms with Crippen LogP contribution in [-0.4, -0.2) is 60.3 Å². The molecule has 2 aliphatic rings. The van der Waals surface area contributed by atoms with E-state index >= 15 is 0 Å².